The Hall–Kier alpha value is -3.77. The topological polar surface area (TPSA) is 118 Å². The number of hydrogen-bond donors (Lipinski definition) is 1. The van der Waals surface area contributed by atoms with E-state index in [9.17, 15) is 14.4 Å². The zero-order valence-electron chi connectivity index (χ0n) is 18.0. The minimum absolute atomic E-state index is 0.0133. The van der Waals surface area contributed by atoms with E-state index >= 15 is 0 Å². The number of amides is 1. The van der Waals surface area contributed by atoms with Crippen LogP contribution in [0.25, 0.3) is 16.7 Å². The van der Waals surface area contributed by atoms with Crippen LogP contribution in [0.3, 0.4) is 0 Å². The second-order valence-corrected chi connectivity index (χ2v) is 7.76. The first-order chi connectivity index (χ1) is 15.4. The normalized spacial score (nSPS) is 12.8. The number of carbonyl (C=O) groups is 3. The van der Waals surface area contributed by atoms with Crippen LogP contribution in [-0.2, 0) is 19.1 Å². The van der Waals surface area contributed by atoms with Crippen LogP contribution in [-0.4, -0.2) is 47.6 Å². The van der Waals surface area contributed by atoms with E-state index in [-0.39, 0.29) is 31.5 Å². The third kappa shape index (κ3) is 5.47. The first kappa shape index (κ1) is 22.9. The smallest absolute Gasteiger partial charge is 0.407 e. The summed E-state index contributed by atoms with van der Waals surface area (Å²) in [4.78, 5) is 39.1. The number of ketones is 1. The lowest BCUT2D eigenvalue weighted by Gasteiger charge is -2.19. The van der Waals surface area contributed by atoms with E-state index in [0.29, 0.717) is 0 Å². The first-order valence-corrected chi connectivity index (χ1v) is 10.4. The molecule has 0 saturated heterocycles. The Labute approximate surface area is 186 Å². The van der Waals surface area contributed by atoms with Gasteiger partial charge in [-0.05, 0) is 42.5 Å². The van der Waals surface area contributed by atoms with Gasteiger partial charge in [-0.2, -0.15) is 4.79 Å². The summed E-state index contributed by atoms with van der Waals surface area (Å²) in [5, 5.41) is 2.50. The molecule has 0 spiro atoms. The molecule has 0 bridgehead atoms. The Morgan fingerprint density at radius 3 is 2.22 bits per heavy atom. The van der Waals surface area contributed by atoms with Crippen molar-refractivity contribution in [3.63, 3.8) is 0 Å². The van der Waals surface area contributed by atoms with Gasteiger partial charge in [0.25, 0.3) is 0 Å². The second-order valence-electron chi connectivity index (χ2n) is 7.76. The Bertz CT molecular complexity index is 1010. The van der Waals surface area contributed by atoms with E-state index in [1.54, 1.807) is 13.8 Å². The molecule has 1 atom stereocenters. The highest BCUT2D eigenvalue weighted by Crippen LogP contribution is 2.44. The molecule has 3 rings (SSSR count). The van der Waals surface area contributed by atoms with Gasteiger partial charge in [0.1, 0.15) is 12.6 Å². The molecule has 0 fully saturated rings. The third-order valence-corrected chi connectivity index (χ3v) is 5.15. The van der Waals surface area contributed by atoms with Crippen molar-refractivity contribution in [2.45, 2.75) is 44.8 Å². The van der Waals surface area contributed by atoms with Gasteiger partial charge in [0, 0.05) is 12.3 Å². The number of carbonyl (C=O) groups excluding carboxylic acids is 3. The molecule has 8 nitrogen and oxygen atoms in total. The number of rotatable bonds is 9. The van der Waals surface area contributed by atoms with Crippen LogP contribution in [0.1, 0.15) is 43.7 Å². The van der Waals surface area contributed by atoms with E-state index < -0.39 is 23.9 Å². The maximum absolute atomic E-state index is 12.5. The molecule has 1 unspecified atom stereocenters. The van der Waals surface area contributed by atoms with Crippen molar-refractivity contribution in [1.29, 1.82) is 0 Å². The predicted octanol–water partition coefficient (Wildman–Crippen LogP) is 3.50. The number of benzene rings is 2. The van der Waals surface area contributed by atoms with E-state index in [2.05, 4.69) is 10.1 Å². The van der Waals surface area contributed by atoms with Crippen molar-refractivity contribution in [3.05, 3.63) is 65.2 Å². The lowest BCUT2D eigenvalue weighted by Crippen LogP contribution is -2.43. The number of alkyl carbamates (subject to hydrolysis) is 1. The molecule has 1 aliphatic rings. The fourth-order valence-corrected chi connectivity index (χ4v) is 3.76. The lowest BCUT2D eigenvalue weighted by atomic mass is 9.98. The monoisotopic (exact) mass is 435 g/mol. The van der Waals surface area contributed by atoms with Crippen molar-refractivity contribution < 1.29 is 28.6 Å². The van der Waals surface area contributed by atoms with Gasteiger partial charge in [-0.25, -0.2) is 9.59 Å². The van der Waals surface area contributed by atoms with Crippen LogP contribution in [0.4, 0.5) is 4.79 Å². The average molecular weight is 435 g/mol. The summed E-state index contributed by atoms with van der Waals surface area (Å²) < 4.78 is 10.6. The summed E-state index contributed by atoms with van der Waals surface area (Å²) in [6.07, 6.45) is -0.533. The molecule has 166 valence electrons. The largest absolute Gasteiger partial charge is 0.461 e. The summed E-state index contributed by atoms with van der Waals surface area (Å²) in [7, 11) is 0. The molecule has 1 amide bonds. The molecular weight excluding hydrogens is 410 g/mol. The zero-order chi connectivity index (χ0) is 23.1. The Morgan fingerprint density at radius 2 is 1.66 bits per heavy atom. The van der Waals surface area contributed by atoms with Crippen LogP contribution in [0.15, 0.2) is 48.5 Å². The maximum Gasteiger partial charge on any atom is 0.407 e. The average Bonchev–Trinajstić information content (AvgIpc) is 3.08. The Kier molecular flexibility index (Phi) is 7.52. The minimum atomic E-state index is -1.07. The van der Waals surface area contributed by atoms with Crippen LogP contribution in [0.2, 0.25) is 0 Å². The molecule has 2 aromatic rings. The van der Waals surface area contributed by atoms with Gasteiger partial charge in [-0.3, -0.25) is 4.79 Å². The molecule has 1 N–H and O–H groups in total. The molecule has 0 aromatic heterocycles. The standard InChI is InChI=1S/C24H25N3O5/c1-15(2)32-23(29)22(12-11-16(28)13-26-25)27-24(30)31-14-21-19-9-5-3-7-17(19)18-8-4-6-10-20(18)21/h3-10,13,15,21-22H,11-12,14H2,1-2H3,(H,27,30). The number of nitrogens with zero attached hydrogens (tertiary/aromatic N) is 2. The predicted molar refractivity (Wildman–Crippen MR) is 117 cm³/mol. The van der Waals surface area contributed by atoms with Gasteiger partial charge in [0.15, 0.2) is 0 Å². The molecular formula is C24H25N3O5. The highest BCUT2D eigenvalue weighted by molar-refractivity contribution is 6.25. The number of ether oxygens (including phenoxy) is 2. The van der Waals surface area contributed by atoms with Gasteiger partial charge < -0.3 is 20.3 Å². The summed E-state index contributed by atoms with van der Waals surface area (Å²) in [6.45, 7) is 3.47. The number of nitrogens with one attached hydrogen (secondary N) is 1. The SMILES string of the molecule is CC(C)OC(=O)C(CCC(=O)C=[N+]=[N-])NC(=O)OCC1c2ccccc2-c2ccccc21. The van der Waals surface area contributed by atoms with Crippen molar-refractivity contribution in [3.8, 4) is 11.1 Å². The van der Waals surface area contributed by atoms with Gasteiger partial charge >= 0.3 is 18.3 Å². The van der Waals surface area contributed by atoms with E-state index in [4.69, 9.17) is 15.0 Å². The molecule has 1 aliphatic carbocycles. The van der Waals surface area contributed by atoms with Gasteiger partial charge in [0.2, 0.25) is 5.78 Å². The molecule has 8 heteroatoms. The van der Waals surface area contributed by atoms with Crippen molar-refractivity contribution in [1.82, 2.24) is 5.32 Å². The first-order valence-electron chi connectivity index (χ1n) is 10.4. The van der Waals surface area contributed by atoms with Crippen molar-refractivity contribution in [2.75, 3.05) is 6.61 Å². The van der Waals surface area contributed by atoms with Crippen molar-refractivity contribution in [2.24, 2.45) is 0 Å². The van der Waals surface area contributed by atoms with E-state index in [1.807, 2.05) is 48.5 Å². The van der Waals surface area contributed by atoms with Gasteiger partial charge in [-0.15, -0.1) is 0 Å². The van der Waals surface area contributed by atoms with Gasteiger partial charge in [-0.1, -0.05) is 48.5 Å². The van der Waals surface area contributed by atoms with E-state index in [0.717, 1.165) is 28.5 Å². The molecule has 0 radical (unpaired) electrons. The number of Topliss-reactive ketones (excluding diaryl/α,β-unsaturated/α-hetero) is 1. The summed E-state index contributed by atoms with van der Waals surface area (Å²) >= 11 is 0. The van der Waals surface area contributed by atoms with Crippen LogP contribution >= 0.6 is 0 Å². The maximum atomic E-state index is 12.5. The summed E-state index contributed by atoms with van der Waals surface area (Å²) in [5.41, 5.74) is 12.8. The molecule has 2 aromatic carbocycles. The van der Waals surface area contributed by atoms with Gasteiger partial charge in [0.05, 0.1) is 6.10 Å². The van der Waals surface area contributed by atoms with E-state index in [1.165, 1.54) is 0 Å². The third-order valence-electron chi connectivity index (χ3n) is 5.15. The zero-order valence-corrected chi connectivity index (χ0v) is 18.0. The number of fused-ring (bicyclic) bond motifs is 3. The highest BCUT2D eigenvalue weighted by Gasteiger charge is 2.30. The minimum Gasteiger partial charge on any atom is -0.461 e. The fraction of sp³-hybridized carbons (Fsp3) is 0.333. The lowest BCUT2D eigenvalue weighted by molar-refractivity contribution is -0.150. The van der Waals surface area contributed by atoms with Crippen molar-refractivity contribution >= 4 is 24.1 Å². The second kappa shape index (κ2) is 10.5. The summed E-state index contributed by atoms with van der Waals surface area (Å²) in [5.74, 6) is -1.26. The molecule has 0 aliphatic heterocycles. The van der Waals surface area contributed by atoms with Crippen LogP contribution < -0.4 is 5.32 Å². The Morgan fingerprint density at radius 1 is 1.06 bits per heavy atom. The fourth-order valence-electron chi connectivity index (χ4n) is 3.76. The number of esters is 1. The summed E-state index contributed by atoms with van der Waals surface area (Å²) in [6, 6.07) is 14.9. The highest BCUT2D eigenvalue weighted by atomic mass is 16.6. The molecule has 0 saturated carbocycles. The van der Waals surface area contributed by atoms with Crippen LogP contribution in [0, 0.1) is 0 Å². The van der Waals surface area contributed by atoms with Crippen LogP contribution in [0.5, 0.6) is 0 Å². The molecule has 0 heterocycles. The molecule has 32 heavy (non-hydrogen) atoms. The quantitative estimate of drug-likeness (QED) is 0.280. The Balaban J connectivity index is 1.66. The number of hydrogen-bond acceptors (Lipinski definition) is 5.